The molecule has 4 heteroatoms. The number of rotatable bonds is 6. The molecule has 0 heterocycles. The number of hydrogen-bond donors (Lipinski definition) is 0. The molecule has 0 unspecified atom stereocenters. The maximum atomic E-state index is 4.93. The van der Waals surface area contributed by atoms with Crippen LogP contribution in [0, 0.1) is 0 Å². The third kappa shape index (κ3) is 9.65. The van der Waals surface area contributed by atoms with E-state index in [0.717, 1.165) is 22.4 Å². The molecule has 0 aliphatic heterocycles. The van der Waals surface area contributed by atoms with Gasteiger partial charge in [-0.25, -0.2) is 0 Å². The monoisotopic (exact) mass is 680 g/mol. The molecule has 0 spiro atoms. The van der Waals surface area contributed by atoms with Crippen LogP contribution in [0.15, 0.2) is 147 Å². The zero-order valence-corrected chi connectivity index (χ0v) is 29.3. The SMILES string of the molecule is C=CCc1cccc2[cH-]c(-c3ccccc3)cc12.C=CCc1cccc2[cH-]c(-c3ccccc3)cc12.C[Si]C.[Cl][Zr+2][Cl]. The predicted octanol–water partition coefficient (Wildman–Crippen LogP) is 12.1. The van der Waals surface area contributed by atoms with E-state index in [0.29, 0.717) is 0 Å². The Balaban J connectivity index is 0.000000195. The van der Waals surface area contributed by atoms with Crippen molar-refractivity contribution < 1.29 is 20.8 Å². The molecule has 0 N–H and O–H groups in total. The minimum absolute atomic E-state index is 0.826. The van der Waals surface area contributed by atoms with Crippen molar-refractivity contribution in [2.45, 2.75) is 25.9 Å². The molecule has 0 saturated heterocycles. The average Bonchev–Trinajstić information content (AvgIpc) is 3.66. The second-order valence-corrected chi connectivity index (χ2v) is 14.3. The molecule has 0 aliphatic carbocycles. The van der Waals surface area contributed by atoms with Crippen molar-refractivity contribution in [2.75, 3.05) is 0 Å². The minimum atomic E-state index is -0.826. The van der Waals surface area contributed by atoms with E-state index in [1.165, 1.54) is 54.9 Å². The van der Waals surface area contributed by atoms with Crippen LogP contribution in [-0.2, 0) is 33.7 Å². The molecule has 0 aromatic heterocycles. The Morgan fingerprint density at radius 2 is 0.976 bits per heavy atom. The topological polar surface area (TPSA) is 0 Å². The van der Waals surface area contributed by atoms with Gasteiger partial charge >= 0.3 is 37.9 Å². The summed E-state index contributed by atoms with van der Waals surface area (Å²) in [5.41, 5.74) is 7.84. The Morgan fingerprint density at radius 1 is 0.619 bits per heavy atom. The van der Waals surface area contributed by atoms with Crippen LogP contribution < -0.4 is 0 Å². The summed E-state index contributed by atoms with van der Waals surface area (Å²) in [4.78, 5) is 0. The van der Waals surface area contributed by atoms with E-state index in [4.69, 9.17) is 17.0 Å². The van der Waals surface area contributed by atoms with E-state index in [9.17, 15) is 0 Å². The van der Waals surface area contributed by atoms with Gasteiger partial charge in [0.05, 0.1) is 0 Å². The van der Waals surface area contributed by atoms with Gasteiger partial charge in [-0.1, -0.05) is 132 Å². The normalized spacial score (nSPS) is 9.81. The van der Waals surface area contributed by atoms with Gasteiger partial charge < -0.3 is 0 Å². The van der Waals surface area contributed by atoms with Crippen molar-refractivity contribution in [2.24, 2.45) is 0 Å². The van der Waals surface area contributed by atoms with Crippen molar-refractivity contribution in [3.63, 3.8) is 0 Å². The summed E-state index contributed by atoms with van der Waals surface area (Å²) in [6.45, 7) is 12.0. The molecule has 0 amide bonds. The van der Waals surface area contributed by atoms with Crippen LogP contribution in [0.4, 0.5) is 0 Å². The van der Waals surface area contributed by atoms with Gasteiger partial charge in [0.15, 0.2) is 0 Å². The summed E-state index contributed by atoms with van der Waals surface area (Å²) in [5, 5.41) is 5.31. The van der Waals surface area contributed by atoms with Crippen molar-refractivity contribution in [1.29, 1.82) is 0 Å². The van der Waals surface area contributed by atoms with Crippen LogP contribution in [0.2, 0.25) is 13.1 Å². The Kier molecular flexibility index (Phi) is 15.1. The van der Waals surface area contributed by atoms with Crippen LogP contribution in [0.25, 0.3) is 43.8 Å². The standard InChI is InChI=1S/2C18H15.C2H6Si.2ClH.Zr/c2*1-2-7-15-10-6-11-16-12-17(13-18(15)16)14-8-4-3-5-9-14;1-3-2;;;/h2*2-6,8-13H,1,7H2;1-2H3;2*1H;/q2*-1;;;;+4/p-2. The molecule has 0 fully saturated rings. The van der Waals surface area contributed by atoms with Gasteiger partial charge in [-0.05, 0) is 12.8 Å². The first-order valence-corrected chi connectivity index (χ1v) is 22.2. The zero-order valence-electron chi connectivity index (χ0n) is 24.3. The van der Waals surface area contributed by atoms with E-state index in [-0.39, 0.29) is 0 Å². The molecule has 0 bridgehead atoms. The molecule has 0 nitrogen and oxygen atoms in total. The Hall–Kier alpha value is -2.74. The number of allylic oxidation sites excluding steroid dienone is 2. The molecule has 42 heavy (non-hydrogen) atoms. The summed E-state index contributed by atoms with van der Waals surface area (Å²) >= 11 is -0.826. The van der Waals surface area contributed by atoms with Gasteiger partial charge in [-0.3, -0.25) is 0 Å². The second-order valence-electron chi connectivity index (χ2n) is 9.62. The summed E-state index contributed by atoms with van der Waals surface area (Å²) in [5.74, 6) is 0. The first kappa shape index (κ1) is 33.8. The van der Waals surface area contributed by atoms with Gasteiger partial charge in [0, 0.05) is 9.52 Å². The van der Waals surface area contributed by atoms with E-state index < -0.39 is 20.8 Å². The third-order valence-corrected chi connectivity index (χ3v) is 6.62. The molecule has 0 atom stereocenters. The van der Waals surface area contributed by atoms with Crippen molar-refractivity contribution in [1.82, 2.24) is 0 Å². The number of hydrogen-bond acceptors (Lipinski definition) is 0. The zero-order chi connectivity index (χ0) is 30.2. The number of fused-ring (bicyclic) bond motifs is 2. The van der Waals surface area contributed by atoms with E-state index >= 15 is 0 Å². The molecular weight excluding hydrogens is 647 g/mol. The van der Waals surface area contributed by atoms with Crippen molar-refractivity contribution in [3.8, 4) is 22.3 Å². The van der Waals surface area contributed by atoms with E-state index in [1.807, 2.05) is 12.2 Å². The molecule has 6 aromatic rings. The van der Waals surface area contributed by atoms with Crippen LogP contribution in [-0.4, -0.2) is 9.52 Å². The fraction of sp³-hybridized carbons (Fsp3) is 0.105. The van der Waals surface area contributed by atoms with Gasteiger partial charge in [0.25, 0.3) is 0 Å². The molecule has 6 aromatic carbocycles. The summed E-state index contributed by atoms with van der Waals surface area (Å²) in [6.07, 6.45) is 5.78. The van der Waals surface area contributed by atoms with E-state index in [2.05, 4.69) is 148 Å². The number of halogens is 2. The quantitative estimate of drug-likeness (QED) is 0.0932. The molecule has 0 saturated carbocycles. The Bertz CT molecular complexity index is 1520. The van der Waals surface area contributed by atoms with Gasteiger partial charge in [0.1, 0.15) is 0 Å². The van der Waals surface area contributed by atoms with E-state index in [1.54, 1.807) is 0 Å². The molecule has 0 aliphatic rings. The summed E-state index contributed by atoms with van der Waals surface area (Å²) < 4.78 is 0. The summed E-state index contributed by atoms with van der Waals surface area (Å²) in [6, 6.07) is 43.1. The van der Waals surface area contributed by atoms with Crippen molar-refractivity contribution in [3.05, 3.63) is 158 Å². The van der Waals surface area contributed by atoms with Gasteiger partial charge in [0.2, 0.25) is 0 Å². The Labute approximate surface area is 272 Å². The second kappa shape index (κ2) is 18.7. The molecule has 6 rings (SSSR count). The van der Waals surface area contributed by atoms with Crippen molar-refractivity contribution >= 4 is 48.1 Å². The van der Waals surface area contributed by atoms with Gasteiger partial charge in [-0.15, -0.1) is 82.2 Å². The van der Waals surface area contributed by atoms with Crippen LogP contribution in [0.1, 0.15) is 11.1 Å². The first-order valence-electron chi connectivity index (χ1n) is 13.8. The number of benzene rings is 4. The molecule has 2 radical (unpaired) electrons. The van der Waals surface area contributed by atoms with Crippen LogP contribution >= 0.6 is 17.0 Å². The summed E-state index contributed by atoms with van der Waals surface area (Å²) in [7, 11) is 11.0. The fourth-order valence-corrected chi connectivity index (χ4v) is 4.86. The van der Waals surface area contributed by atoms with Crippen LogP contribution in [0.3, 0.4) is 0 Å². The fourth-order valence-electron chi connectivity index (χ4n) is 4.86. The maximum absolute atomic E-state index is 4.93. The molecule has 210 valence electrons. The van der Waals surface area contributed by atoms with Crippen LogP contribution in [0.5, 0.6) is 0 Å². The first-order chi connectivity index (χ1) is 20.6. The molecular formula is C38H36Cl2SiZr. The average molecular weight is 683 g/mol. The Morgan fingerprint density at radius 3 is 1.31 bits per heavy atom. The van der Waals surface area contributed by atoms with Gasteiger partial charge in [-0.2, -0.15) is 0 Å². The predicted molar refractivity (Wildman–Crippen MR) is 187 cm³/mol. The third-order valence-electron chi connectivity index (χ3n) is 6.62.